The number of carbonyl (C=O) groups is 1. The van der Waals surface area contributed by atoms with Crippen LogP contribution in [0.1, 0.15) is 62.6 Å². The zero-order chi connectivity index (χ0) is 25.3. The number of hydrogen-bond donors (Lipinski definition) is 0. The van der Waals surface area contributed by atoms with Crippen LogP contribution in [0.2, 0.25) is 0 Å². The fourth-order valence-corrected chi connectivity index (χ4v) is 5.64. The lowest BCUT2D eigenvalue weighted by atomic mass is 10.0. The van der Waals surface area contributed by atoms with Crippen LogP contribution in [0, 0.1) is 0 Å². The van der Waals surface area contributed by atoms with Gasteiger partial charge >= 0.3 is 0 Å². The first-order valence-corrected chi connectivity index (χ1v) is 13.5. The largest absolute Gasteiger partial charge is 0.494 e. The number of amides is 1. The van der Waals surface area contributed by atoms with Crippen molar-refractivity contribution in [3.05, 3.63) is 47.8 Å². The summed E-state index contributed by atoms with van der Waals surface area (Å²) in [4.78, 5) is 20.3. The molecule has 1 saturated heterocycles. The van der Waals surface area contributed by atoms with Gasteiger partial charge in [0, 0.05) is 37.9 Å². The average molecular weight is 500 g/mol. The molecule has 35 heavy (non-hydrogen) atoms. The Morgan fingerprint density at radius 2 is 1.71 bits per heavy atom. The quantitative estimate of drug-likeness (QED) is 0.492. The van der Waals surface area contributed by atoms with E-state index in [4.69, 9.17) is 9.72 Å². The lowest BCUT2D eigenvalue weighted by molar-refractivity contribution is 0.0699. The van der Waals surface area contributed by atoms with Gasteiger partial charge in [-0.15, -0.1) is 0 Å². The molecule has 1 aliphatic heterocycles. The van der Waals surface area contributed by atoms with Crippen LogP contribution in [0.25, 0.3) is 11.0 Å². The van der Waals surface area contributed by atoms with Gasteiger partial charge in [-0.05, 0) is 57.0 Å². The van der Waals surface area contributed by atoms with E-state index in [1.807, 2.05) is 45.4 Å². The topological polar surface area (TPSA) is 97.6 Å². The molecule has 1 fully saturated rings. The Kier molecular flexibility index (Phi) is 7.14. The molecule has 1 aliphatic rings. The van der Waals surface area contributed by atoms with Gasteiger partial charge in [0.1, 0.15) is 5.75 Å². The Labute approximate surface area is 206 Å². The van der Waals surface area contributed by atoms with Gasteiger partial charge in [0.15, 0.2) is 5.65 Å². The number of aromatic nitrogens is 3. The number of nitrogens with zero attached hydrogens (tertiary/aromatic N) is 5. The van der Waals surface area contributed by atoms with Gasteiger partial charge in [-0.25, -0.2) is 18.1 Å². The van der Waals surface area contributed by atoms with Gasteiger partial charge in [-0.3, -0.25) is 4.79 Å². The normalized spacial score (nSPS) is 15.3. The number of carbonyl (C=O) groups excluding carboxylic acids is 1. The highest BCUT2D eigenvalue weighted by molar-refractivity contribution is 7.89. The van der Waals surface area contributed by atoms with Gasteiger partial charge in [-0.2, -0.15) is 9.40 Å². The molecule has 3 heterocycles. The van der Waals surface area contributed by atoms with Crippen molar-refractivity contribution in [1.29, 1.82) is 0 Å². The summed E-state index contributed by atoms with van der Waals surface area (Å²) in [5.74, 6) is 0.658. The number of piperazine rings is 1. The third-order valence-corrected chi connectivity index (χ3v) is 8.11. The van der Waals surface area contributed by atoms with Gasteiger partial charge in [0.2, 0.25) is 10.0 Å². The highest BCUT2D eigenvalue weighted by Crippen LogP contribution is 2.27. The predicted octanol–water partition coefficient (Wildman–Crippen LogP) is 3.68. The van der Waals surface area contributed by atoms with Gasteiger partial charge in [0.25, 0.3) is 5.91 Å². The number of rotatable bonds is 7. The Bertz CT molecular complexity index is 1310. The fraction of sp³-hybridized carbons (Fsp3) is 0.480. The van der Waals surface area contributed by atoms with Crippen molar-refractivity contribution in [2.75, 3.05) is 32.8 Å². The first-order valence-electron chi connectivity index (χ1n) is 12.0. The second-order valence-electron chi connectivity index (χ2n) is 9.27. The number of ether oxygens (including phenoxy) is 1. The third kappa shape index (κ3) is 4.90. The van der Waals surface area contributed by atoms with Crippen molar-refractivity contribution in [2.24, 2.45) is 0 Å². The van der Waals surface area contributed by atoms with E-state index in [1.54, 1.807) is 35.4 Å². The van der Waals surface area contributed by atoms with Crippen molar-refractivity contribution in [3.8, 4) is 5.75 Å². The lowest BCUT2D eigenvalue weighted by Gasteiger charge is -2.34. The smallest absolute Gasteiger partial charge is 0.254 e. The maximum absolute atomic E-state index is 13.6. The lowest BCUT2D eigenvalue weighted by Crippen LogP contribution is -2.50. The zero-order valence-electron chi connectivity index (χ0n) is 20.9. The maximum atomic E-state index is 13.6. The third-order valence-electron chi connectivity index (χ3n) is 6.20. The van der Waals surface area contributed by atoms with E-state index in [-0.39, 0.29) is 35.9 Å². The Morgan fingerprint density at radius 3 is 2.29 bits per heavy atom. The van der Waals surface area contributed by atoms with Gasteiger partial charge in [0.05, 0.1) is 28.6 Å². The van der Waals surface area contributed by atoms with Crippen molar-refractivity contribution in [2.45, 2.75) is 51.5 Å². The minimum Gasteiger partial charge on any atom is -0.494 e. The van der Waals surface area contributed by atoms with Crippen LogP contribution >= 0.6 is 0 Å². The van der Waals surface area contributed by atoms with Crippen LogP contribution < -0.4 is 4.74 Å². The minimum absolute atomic E-state index is 0.113. The molecule has 1 aromatic carbocycles. The van der Waals surface area contributed by atoms with E-state index in [9.17, 15) is 13.2 Å². The summed E-state index contributed by atoms with van der Waals surface area (Å²) in [6.07, 6.45) is 1.70. The molecule has 0 aliphatic carbocycles. The second kappa shape index (κ2) is 9.94. The van der Waals surface area contributed by atoms with Crippen LogP contribution in [-0.2, 0) is 10.0 Å². The number of pyridine rings is 1. The number of hydrogen-bond acceptors (Lipinski definition) is 6. The molecule has 0 N–H and O–H groups in total. The van der Waals surface area contributed by atoms with Crippen molar-refractivity contribution >= 4 is 27.0 Å². The zero-order valence-corrected chi connectivity index (χ0v) is 21.7. The molecule has 2 aromatic heterocycles. The van der Waals surface area contributed by atoms with Crippen molar-refractivity contribution in [3.63, 3.8) is 0 Å². The summed E-state index contributed by atoms with van der Waals surface area (Å²) in [6, 6.07) is 8.41. The molecular formula is C25H33N5O4S. The number of benzene rings is 1. The summed E-state index contributed by atoms with van der Waals surface area (Å²) in [5.41, 5.74) is 2.10. The number of sulfonamides is 1. The molecule has 1 amide bonds. The van der Waals surface area contributed by atoms with Crippen LogP contribution in [0.4, 0.5) is 0 Å². The van der Waals surface area contributed by atoms with Crippen LogP contribution in [-0.4, -0.2) is 71.1 Å². The second-order valence-corrected chi connectivity index (χ2v) is 11.2. The van der Waals surface area contributed by atoms with E-state index < -0.39 is 10.0 Å². The highest BCUT2D eigenvalue weighted by Gasteiger charge is 2.31. The van der Waals surface area contributed by atoms with E-state index in [2.05, 4.69) is 5.10 Å². The minimum atomic E-state index is -3.65. The molecule has 0 spiro atoms. The van der Waals surface area contributed by atoms with Crippen LogP contribution in [0.5, 0.6) is 5.75 Å². The Morgan fingerprint density at radius 1 is 1.06 bits per heavy atom. The maximum Gasteiger partial charge on any atom is 0.254 e. The average Bonchev–Trinajstić information content (AvgIpc) is 3.28. The molecule has 9 nitrogen and oxygen atoms in total. The highest BCUT2D eigenvalue weighted by atomic mass is 32.2. The fourth-order valence-electron chi connectivity index (χ4n) is 4.21. The van der Waals surface area contributed by atoms with Crippen LogP contribution in [0.15, 0.2) is 41.4 Å². The molecule has 10 heteroatoms. The molecule has 0 unspecified atom stereocenters. The van der Waals surface area contributed by atoms with E-state index in [0.717, 1.165) is 11.1 Å². The first kappa shape index (κ1) is 25.1. The van der Waals surface area contributed by atoms with E-state index in [0.29, 0.717) is 36.7 Å². The summed E-state index contributed by atoms with van der Waals surface area (Å²) in [7, 11) is -3.65. The molecule has 0 atom stereocenters. The molecule has 188 valence electrons. The molecular weight excluding hydrogens is 466 g/mol. The van der Waals surface area contributed by atoms with Gasteiger partial charge in [-0.1, -0.05) is 13.8 Å². The summed E-state index contributed by atoms with van der Waals surface area (Å²) in [6.45, 7) is 11.6. The van der Waals surface area contributed by atoms with E-state index >= 15 is 0 Å². The number of fused-ring (bicyclic) bond motifs is 1. The predicted molar refractivity (Wildman–Crippen MR) is 134 cm³/mol. The van der Waals surface area contributed by atoms with Crippen molar-refractivity contribution < 1.29 is 17.9 Å². The summed E-state index contributed by atoms with van der Waals surface area (Å²) >= 11 is 0. The summed E-state index contributed by atoms with van der Waals surface area (Å²) < 4.78 is 34.9. The standard InChI is InChI=1S/C25H33N5O4S/c1-6-34-19-7-9-20(10-8-19)35(32,33)29-13-11-28(12-14-29)25(31)21-15-23(17(2)3)27-24-22(21)16-26-30(24)18(4)5/h7-10,15-18H,6,11-14H2,1-5H3. The molecule has 0 radical (unpaired) electrons. The molecule has 0 bridgehead atoms. The Balaban J connectivity index is 1.54. The first-order chi connectivity index (χ1) is 16.6. The molecule has 0 saturated carbocycles. The Hall–Kier alpha value is -2.98. The molecule has 3 aromatic rings. The summed E-state index contributed by atoms with van der Waals surface area (Å²) in [5, 5.41) is 5.19. The monoisotopic (exact) mass is 499 g/mol. The SMILES string of the molecule is CCOc1ccc(S(=O)(=O)N2CCN(C(=O)c3cc(C(C)C)nc4c3cnn4C(C)C)CC2)cc1. The van der Waals surface area contributed by atoms with Crippen molar-refractivity contribution in [1.82, 2.24) is 24.0 Å². The van der Waals surface area contributed by atoms with Gasteiger partial charge < -0.3 is 9.64 Å². The van der Waals surface area contributed by atoms with Crippen LogP contribution in [0.3, 0.4) is 0 Å². The van der Waals surface area contributed by atoms with E-state index in [1.165, 1.54) is 4.31 Å². The molecule has 4 rings (SSSR count).